The molecule has 1 atom stereocenters. The lowest BCUT2D eigenvalue weighted by molar-refractivity contribution is 0.317. The van der Waals surface area contributed by atoms with Crippen molar-refractivity contribution in [2.45, 2.75) is 17.2 Å². The van der Waals surface area contributed by atoms with Crippen molar-refractivity contribution in [2.24, 2.45) is 12.2 Å². The number of benzene rings is 2. The minimum Gasteiger partial charge on any atom is -0.411 e. The number of aryl methyl sites for hydroxylation is 1. The van der Waals surface area contributed by atoms with E-state index in [1.54, 1.807) is 55.7 Å². The van der Waals surface area contributed by atoms with Gasteiger partial charge in [-0.3, -0.25) is 4.79 Å². The lowest BCUT2D eigenvalue weighted by atomic mass is 9.85. The third kappa shape index (κ3) is 5.36. The summed E-state index contributed by atoms with van der Waals surface area (Å²) in [6, 6.07) is 14.8. The van der Waals surface area contributed by atoms with Crippen molar-refractivity contribution < 1.29 is 13.6 Å². The van der Waals surface area contributed by atoms with Gasteiger partial charge in [0, 0.05) is 41.9 Å². The molecule has 0 saturated heterocycles. The molecule has 0 aliphatic carbocycles. The van der Waals surface area contributed by atoms with Crippen LogP contribution in [0.3, 0.4) is 0 Å². The van der Waals surface area contributed by atoms with Crippen LogP contribution in [0.5, 0.6) is 0 Å². The Hall–Kier alpha value is -2.61. The molecule has 0 fully saturated rings. The Morgan fingerprint density at radius 1 is 1.06 bits per heavy atom. The summed E-state index contributed by atoms with van der Waals surface area (Å²) in [5, 5.41) is 14.0. The van der Waals surface area contributed by atoms with Crippen LogP contribution in [0.4, 0.5) is 0 Å². The summed E-state index contributed by atoms with van der Waals surface area (Å²) in [6.07, 6.45) is 2.90. The van der Waals surface area contributed by atoms with Gasteiger partial charge in [0.05, 0.1) is 16.2 Å². The van der Waals surface area contributed by atoms with Gasteiger partial charge in [0.2, 0.25) is 0 Å². The summed E-state index contributed by atoms with van der Waals surface area (Å²) in [4.78, 5) is 12.7. The van der Waals surface area contributed by atoms with Crippen LogP contribution in [-0.2, 0) is 16.9 Å². The number of rotatable bonds is 6. The minimum atomic E-state index is -3.35. The molecule has 9 heteroatoms. The number of oxime groups is 1. The van der Waals surface area contributed by atoms with Gasteiger partial charge in [-0.05, 0) is 53.6 Å². The molecule has 0 aliphatic heterocycles. The molecule has 0 amide bonds. The van der Waals surface area contributed by atoms with Crippen LogP contribution in [-0.4, -0.2) is 30.2 Å². The average molecular weight is 479 g/mol. The molecular formula is C22H20Cl2N2O4S. The summed E-state index contributed by atoms with van der Waals surface area (Å²) >= 11 is 12.4. The fourth-order valence-electron chi connectivity index (χ4n) is 3.37. The number of halogens is 2. The van der Waals surface area contributed by atoms with Crippen LogP contribution in [0.2, 0.25) is 10.0 Å². The van der Waals surface area contributed by atoms with E-state index in [1.165, 1.54) is 16.7 Å². The highest BCUT2D eigenvalue weighted by molar-refractivity contribution is 7.90. The van der Waals surface area contributed by atoms with Crippen molar-refractivity contribution in [3.05, 3.63) is 97.9 Å². The lowest BCUT2D eigenvalue weighted by Crippen LogP contribution is -2.25. The molecule has 0 radical (unpaired) electrons. The van der Waals surface area contributed by atoms with Crippen LogP contribution in [0, 0.1) is 0 Å². The second-order valence-electron chi connectivity index (χ2n) is 7.19. The van der Waals surface area contributed by atoms with E-state index in [0.717, 1.165) is 17.4 Å². The van der Waals surface area contributed by atoms with Gasteiger partial charge in [-0.25, -0.2) is 8.42 Å². The maximum absolute atomic E-state index is 12.5. The number of aromatic nitrogens is 1. The SMILES string of the molecule is Cn1cccc(C(CC(c2ccc(S(C)(=O)=O)cc2)c2cc(Cl)cc(Cl)c2)=NO)c1=O. The van der Waals surface area contributed by atoms with Gasteiger partial charge < -0.3 is 9.77 Å². The van der Waals surface area contributed by atoms with E-state index in [0.29, 0.717) is 10.0 Å². The topological polar surface area (TPSA) is 88.7 Å². The Balaban J connectivity index is 2.12. The Labute approximate surface area is 190 Å². The molecule has 31 heavy (non-hydrogen) atoms. The molecule has 162 valence electrons. The molecule has 1 N–H and O–H groups in total. The molecule has 1 heterocycles. The van der Waals surface area contributed by atoms with E-state index in [-0.39, 0.29) is 28.2 Å². The Bertz CT molecular complexity index is 1280. The van der Waals surface area contributed by atoms with Crippen molar-refractivity contribution in [1.29, 1.82) is 0 Å². The van der Waals surface area contributed by atoms with E-state index in [9.17, 15) is 18.4 Å². The number of hydrogen-bond donors (Lipinski definition) is 1. The number of sulfone groups is 1. The summed E-state index contributed by atoms with van der Waals surface area (Å²) < 4.78 is 25.1. The Kier molecular flexibility index (Phi) is 6.89. The van der Waals surface area contributed by atoms with Crippen molar-refractivity contribution in [1.82, 2.24) is 4.57 Å². The molecule has 0 bridgehead atoms. The second kappa shape index (κ2) is 9.26. The van der Waals surface area contributed by atoms with Gasteiger partial charge in [0.1, 0.15) is 0 Å². The van der Waals surface area contributed by atoms with Crippen LogP contribution < -0.4 is 5.56 Å². The van der Waals surface area contributed by atoms with Crippen molar-refractivity contribution in [3.63, 3.8) is 0 Å². The zero-order chi connectivity index (χ0) is 22.8. The Morgan fingerprint density at radius 2 is 1.68 bits per heavy atom. The third-order valence-electron chi connectivity index (χ3n) is 4.95. The zero-order valence-corrected chi connectivity index (χ0v) is 19.1. The maximum Gasteiger partial charge on any atom is 0.259 e. The molecule has 3 rings (SSSR count). The highest BCUT2D eigenvalue weighted by Crippen LogP contribution is 2.33. The maximum atomic E-state index is 12.5. The van der Waals surface area contributed by atoms with Crippen LogP contribution >= 0.6 is 23.2 Å². The largest absolute Gasteiger partial charge is 0.411 e. The predicted octanol–water partition coefficient (Wildman–Crippen LogP) is 4.50. The van der Waals surface area contributed by atoms with E-state index < -0.39 is 15.8 Å². The van der Waals surface area contributed by atoms with Gasteiger partial charge in [0.25, 0.3) is 5.56 Å². The minimum absolute atomic E-state index is 0.157. The first-order valence-electron chi connectivity index (χ1n) is 9.23. The lowest BCUT2D eigenvalue weighted by Gasteiger charge is -2.20. The van der Waals surface area contributed by atoms with Crippen LogP contribution in [0.15, 0.2) is 75.6 Å². The number of nitrogens with zero attached hydrogens (tertiary/aromatic N) is 2. The monoisotopic (exact) mass is 478 g/mol. The number of hydrogen-bond acceptors (Lipinski definition) is 5. The fraction of sp³-hybridized carbons (Fsp3) is 0.182. The molecule has 0 aliphatic rings. The summed E-state index contributed by atoms with van der Waals surface area (Å²) in [5.41, 5.74) is 1.64. The predicted molar refractivity (Wildman–Crippen MR) is 122 cm³/mol. The molecule has 0 saturated carbocycles. The third-order valence-corrected chi connectivity index (χ3v) is 6.52. The summed E-state index contributed by atoms with van der Waals surface area (Å²) in [6.45, 7) is 0. The zero-order valence-electron chi connectivity index (χ0n) is 16.8. The molecule has 1 aromatic heterocycles. The standard InChI is InChI=1S/C22H20Cl2N2O4S/c1-26-9-3-4-19(22(26)27)21(25-28)13-20(15-10-16(23)12-17(24)11-15)14-5-7-18(8-6-14)31(2,29)30/h3-12,20,28H,13H2,1-2H3. The first-order valence-corrected chi connectivity index (χ1v) is 11.9. The molecule has 0 spiro atoms. The second-order valence-corrected chi connectivity index (χ2v) is 10.1. The van der Waals surface area contributed by atoms with Gasteiger partial charge in [0.15, 0.2) is 9.84 Å². The highest BCUT2D eigenvalue weighted by atomic mass is 35.5. The first kappa shape index (κ1) is 23.1. The quantitative estimate of drug-likeness (QED) is 0.321. The first-order chi connectivity index (χ1) is 14.6. The fourth-order valence-corrected chi connectivity index (χ4v) is 4.54. The highest BCUT2D eigenvalue weighted by Gasteiger charge is 2.22. The van der Waals surface area contributed by atoms with E-state index in [1.807, 2.05) is 0 Å². The average Bonchev–Trinajstić information content (AvgIpc) is 2.70. The van der Waals surface area contributed by atoms with Gasteiger partial charge in [-0.1, -0.05) is 40.5 Å². The van der Waals surface area contributed by atoms with Crippen molar-refractivity contribution >= 4 is 38.8 Å². The van der Waals surface area contributed by atoms with Gasteiger partial charge >= 0.3 is 0 Å². The van der Waals surface area contributed by atoms with Crippen molar-refractivity contribution in [2.75, 3.05) is 6.26 Å². The number of pyridine rings is 1. The molecule has 1 unspecified atom stereocenters. The van der Waals surface area contributed by atoms with Crippen molar-refractivity contribution in [3.8, 4) is 0 Å². The molecular weight excluding hydrogens is 459 g/mol. The molecule has 6 nitrogen and oxygen atoms in total. The summed E-state index contributed by atoms with van der Waals surface area (Å²) in [5.74, 6) is -0.402. The van der Waals surface area contributed by atoms with Gasteiger partial charge in [-0.2, -0.15) is 0 Å². The van der Waals surface area contributed by atoms with E-state index in [2.05, 4.69) is 5.16 Å². The van der Waals surface area contributed by atoms with Gasteiger partial charge in [-0.15, -0.1) is 0 Å². The molecule has 3 aromatic rings. The molecule has 2 aromatic carbocycles. The van der Waals surface area contributed by atoms with Crippen LogP contribution in [0.1, 0.15) is 29.0 Å². The van der Waals surface area contributed by atoms with E-state index in [4.69, 9.17) is 23.2 Å². The smallest absolute Gasteiger partial charge is 0.259 e. The Morgan fingerprint density at radius 3 is 2.23 bits per heavy atom. The van der Waals surface area contributed by atoms with E-state index >= 15 is 0 Å². The summed E-state index contributed by atoms with van der Waals surface area (Å²) in [7, 11) is -1.74. The normalized spacial score (nSPS) is 13.2. The van der Waals surface area contributed by atoms with Crippen LogP contribution in [0.25, 0.3) is 0 Å².